The van der Waals surface area contributed by atoms with E-state index in [4.69, 9.17) is 5.73 Å². The SMILES string of the molecule is NC1C2CCCC1CC(C(=O)N1CCc3ccccc3C1c1ccccc1)C2. The van der Waals surface area contributed by atoms with Crippen LogP contribution in [0.2, 0.25) is 0 Å². The molecular weight excluding hydrogens is 344 g/mol. The molecule has 3 heteroatoms. The molecule has 0 spiro atoms. The molecular formula is C25H30N2O. The van der Waals surface area contributed by atoms with Gasteiger partial charge in [0, 0.05) is 18.5 Å². The lowest BCUT2D eigenvalue weighted by Gasteiger charge is -2.46. The van der Waals surface area contributed by atoms with E-state index in [0.717, 1.165) is 25.8 Å². The van der Waals surface area contributed by atoms with Crippen molar-refractivity contribution in [3.63, 3.8) is 0 Å². The van der Waals surface area contributed by atoms with Crippen molar-refractivity contribution >= 4 is 5.91 Å². The second kappa shape index (κ2) is 7.36. The number of carbonyl (C=O) groups excluding carboxylic acids is 1. The molecule has 3 nitrogen and oxygen atoms in total. The zero-order valence-corrected chi connectivity index (χ0v) is 16.5. The number of rotatable bonds is 2. The van der Waals surface area contributed by atoms with Gasteiger partial charge in [0.25, 0.3) is 0 Å². The van der Waals surface area contributed by atoms with E-state index in [-0.39, 0.29) is 12.0 Å². The third kappa shape index (κ3) is 3.06. The van der Waals surface area contributed by atoms with Crippen molar-refractivity contribution < 1.29 is 4.79 Å². The van der Waals surface area contributed by atoms with Gasteiger partial charge in [-0.1, -0.05) is 61.0 Å². The Balaban J connectivity index is 1.47. The van der Waals surface area contributed by atoms with Gasteiger partial charge in [0.1, 0.15) is 0 Å². The molecule has 2 aromatic rings. The van der Waals surface area contributed by atoms with Crippen molar-refractivity contribution in [1.82, 2.24) is 4.90 Å². The molecule has 1 aliphatic heterocycles. The van der Waals surface area contributed by atoms with Gasteiger partial charge >= 0.3 is 0 Å². The van der Waals surface area contributed by atoms with Crippen LogP contribution in [0.15, 0.2) is 54.6 Å². The van der Waals surface area contributed by atoms with Crippen LogP contribution in [0.25, 0.3) is 0 Å². The van der Waals surface area contributed by atoms with Gasteiger partial charge < -0.3 is 10.6 Å². The molecule has 1 amide bonds. The number of hydrogen-bond donors (Lipinski definition) is 1. The number of benzene rings is 2. The molecule has 2 aliphatic carbocycles. The second-order valence-corrected chi connectivity index (χ2v) is 8.99. The van der Waals surface area contributed by atoms with Gasteiger partial charge in [0.05, 0.1) is 6.04 Å². The van der Waals surface area contributed by atoms with Gasteiger partial charge in [0.15, 0.2) is 0 Å². The Morgan fingerprint density at radius 3 is 2.36 bits per heavy atom. The molecule has 0 saturated heterocycles. The summed E-state index contributed by atoms with van der Waals surface area (Å²) in [5.74, 6) is 1.57. The molecule has 5 rings (SSSR count). The van der Waals surface area contributed by atoms with Crippen LogP contribution in [-0.4, -0.2) is 23.4 Å². The van der Waals surface area contributed by atoms with Crippen LogP contribution in [0, 0.1) is 17.8 Å². The average Bonchev–Trinajstić information content (AvgIpc) is 2.73. The molecule has 2 aromatic carbocycles. The summed E-state index contributed by atoms with van der Waals surface area (Å²) in [5, 5.41) is 0. The quantitative estimate of drug-likeness (QED) is 0.851. The van der Waals surface area contributed by atoms with Crippen LogP contribution in [0.3, 0.4) is 0 Å². The highest BCUT2D eigenvalue weighted by molar-refractivity contribution is 5.80. The van der Waals surface area contributed by atoms with Crippen molar-refractivity contribution in [3.05, 3.63) is 71.3 Å². The first-order valence-electron chi connectivity index (χ1n) is 10.9. The molecule has 3 unspecified atom stereocenters. The Morgan fingerprint density at radius 1 is 0.929 bits per heavy atom. The van der Waals surface area contributed by atoms with Gasteiger partial charge in [-0.05, 0) is 60.6 Å². The lowest BCUT2D eigenvalue weighted by Crippen LogP contribution is -2.51. The maximum Gasteiger partial charge on any atom is 0.226 e. The first-order chi connectivity index (χ1) is 13.7. The first-order valence-corrected chi connectivity index (χ1v) is 10.9. The minimum atomic E-state index is 0.0362. The van der Waals surface area contributed by atoms with Gasteiger partial charge in [-0.15, -0.1) is 0 Å². The van der Waals surface area contributed by atoms with Crippen molar-refractivity contribution in [3.8, 4) is 0 Å². The summed E-state index contributed by atoms with van der Waals surface area (Å²) >= 11 is 0. The molecule has 1 heterocycles. The molecule has 146 valence electrons. The standard InChI is InChI=1S/C25H30N2O/c26-23-19-10-6-11-20(23)16-21(15-19)25(28)27-14-13-17-7-4-5-12-22(17)24(27)18-8-2-1-3-9-18/h1-5,7-9,12,19-21,23-24H,6,10-11,13-16,26H2. The summed E-state index contributed by atoms with van der Waals surface area (Å²) in [6.07, 6.45) is 6.60. The van der Waals surface area contributed by atoms with E-state index in [1.54, 1.807) is 0 Å². The molecule has 2 N–H and O–H groups in total. The highest BCUT2D eigenvalue weighted by atomic mass is 16.2. The summed E-state index contributed by atoms with van der Waals surface area (Å²) in [6.45, 7) is 0.813. The Morgan fingerprint density at radius 2 is 1.61 bits per heavy atom. The third-order valence-corrected chi connectivity index (χ3v) is 7.44. The summed E-state index contributed by atoms with van der Waals surface area (Å²) in [5.41, 5.74) is 10.4. The third-order valence-electron chi connectivity index (χ3n) is 7.44. The topological polar surface area (TPSA) is 46.3 Å². The molecule has 2 bridgehead atoms. The largest absolute Gasteiger partial charge is 0.331 e. The molecule has 0 aromatic heterocycles. The summed E-state index contributed by atoms with van der Waals surface area (Å²) in [4.78, 5) is 15.9. The van der Waals surface area contributed by atoms with E-state index in [1.165, 1.54) is 36.0 Å². The highest BCUT2D eigenvalue weighted by Gasteiger charge is 2.43. The molecule has 0 radical (unpaired) electrons. The monoisotopic (exact) mass is 374 g/mol. The predicted octanol–water partition coefficient (Wildman–Crippen LogP) is 4.31. The van der Waals surface area contributed by atoms with Crippen LogP contribution >= 0.6 is 0 Å². The van der Waals surface area contributed by atoms with Crippen LogP contribution in [0.4, 0.5) is 0 Å². The smallest absolute Gasteiger partial charge is 0.226 e. The number of carbonyl (C=O) groups is 1. The average molecular weight is 375 g/mol. The number of amides is 1. The van der Waals surface area contributed by atoms with Crippen LogP contribution < -0.4 is 5.73 Å². The van der Waals surface area contributed by atoms with E-state index >= 15 is 0 Å². The van der Waals surface area contributed by atoms with Crippen molar-refractivity contribution in [2.75, 3.05) is 6.54 Å². The van der Waals surface area contributed by atoms with E-state index < -0.39 is 0 Å². The Hall–Kier alpha value is -2.13. The van der Waals surface area contributed by atoms with Gasteiger partial charge in [0.2, 0.25) is 5.91 Å². The van der Waals surface area contributed by atoms with E-state index in [0.29, 0.717) is 23.8 Å². The summed E-state index contributed by atoms with van der Waals surface area (Å²) in [6, 6.07) is 19.5. The minimum absolute atomic E-state index is 0.0362. The van der Waals surface area contributed by atoms with Gasteiger partial charge in [-0.25, -0.2) is 0 Å². The van der Waals surface area contributed by atoms with E-state index in [2.05, 4.69) is 53.4 Å². The zero-order valence-electron chi connectivity index (χ0n) is 16.5. The Bertz CT molecular complexity index is 835. The number of fused-ring (bicyclic) bond motifs is 3. The number of hydrogen-bond acceptors (Lipinski definition) is 2. The van der Waals surface area contributed by atoms with Crippen molar-refractivity contribution in [1.29, 1.82) is 0 Å². The van der Waals surface area contributed by atoms with Crippen LogP contribution in [0.1, 0.15) is 54.8 Å². The van der Waals surface area contributed by atoms with Crippen LogP contribution in [-0.2, 0) is 11.2 Å². The fraction of sp³-hybridized carbons (Fsp3) is 0.480. The maximum absolute atomic E-state index is 13.8. The number of nitrogens with zero attached hydrogens (tertiary/aromatic N) is 1. The van der Waals surface area contributed by atoms with E-state index in [1.807, 2.05) is 6.07 Å². The lowest BCUT2D eigenvalue weighted by atomic mass is 9.64. The normalized spacial score (nSPS) is 31.9. The summed E-state index contributed by atoms with van der Waals surface area (Å²) in [7, 11) is 0. The van der Waals surface area contributed by atoms with E-state index in [9.17, 15) is 4.79 Å². The minimum Gasteiger partial charge on any atom is -0.331 e. The van der Waals surface area contributed by atoms with Crippen LogP contribution in [0.5, 0.6) is 0 Å². The molecule has 3 aliphatic rings. The molecule has 3 atom stereocenters. The second-order valence-electron chi connectivity index (χ2n) is 8.99. The predicted molar refractivity (Wildman–Crippen MR) is 112 cm³/mol. The number of nitrogens with two attached hydrogens (primary N) is 1. The maximum atomic E-state index is 13.8. The van der Waals surface area contributed by atoms with Gasteiger partial charge in [-0.3, -0.25) is 4.79 Å². The molecule has 2 saturated carbocycles. The fourth-order valence-corrected chi connectivity index (χ4v) is 6.02. The zero-order chi connectivity index (χ0) is 19.1. The Labute approximate surface area is 167 Å². The fourth-order valence-electron chi connectivity index (χ4n) is 6.02. The summed E-state index contributed by atoms with van der Waals surface area (Å²) < 4.78 is 0. The first kappa shape index (κ1) is 17.9. The molecule has 2 fully saturated rings. The van der Waals surface area contributed by atoms with Crippen molar-refractivity contribution in [2.45, 2.75) is 50.6 Å². The van der Waals surface area contributed by atoms with Crippen molar-refractivity contribution in [2.24, 2.45) is 23.5 Å². The molecule has 28 heavy (non-hydrogen) atoms. The Kier molecular flexibility index (Phi) is 4.72. The highest BCUT2D eigenvalue weighted by Crippen LogP contribution is 2.44. The lowest BCUT2D eigenvalue weighted by molar-refractivity contribution is -0.140. The van der Waals surface area contributed by atoms with Gasteiger partial charge in [-0.2, -0.15) is 0 Å².